The first kappa shape index (κ1) is 11.7. The molecule has 0 amide bonds. The Kier molecular flexibility index (Phi) is 2.90. The zero-order valence-electron chi connectivity index (χ0n) is 8.16. The number of benzene rings is 1. The summed E-state index contributed by atoms with van der Waals surface area (Å²) in [5.74, 6) is -0.699. The molecule has 0 aliphatic heterocycles. The molecule has 0 spiro atoms. The van der Waals surface area contributed by atoms with Crippen molar-refractivity contribution >= 4 is 32.4 Å². The molecule has 0 bridgehead atoms. The molecule has 0 saturated heterocycles. The highest BCUT2D eigenvalue weighted by atomic mass is 32.2. The lowest BCUT2D eigenvalue weighted by atomic mass is 10.3. The molecule has 1 aromatic heterocycles. The van der Waals surface area contributed by atoms with Crippen LogP contribution < -0.4 is 10.5 Å². The maximum absolute atomic E-state index is 13.0. The Bertz CT molecular complexity index is 628. The van der Waals surface area contributed by atoms with Gasteiger partial charge in [-0.25, -0.2) is 12.8 Å². The highest BCUT2D eigenvalue weighted by Crippen LogP contribution is 2.22. The summed E-state index contributed by atoms with van der Waals surface area (Å²) in [5.41, 5.74) is 5.41. The van der Waals surface area contributed by atoms with Crippen molar-refractivity contribution in [2.45, 2.75) is 4.90 Å². The lowest BCUT2D eigenvalue weighted by molar-refractivity contribution is 0.596. The van der Waals surface area contributed by atoms with Gasteiger partial charge in [0.15, 0.2) is 0 Å². The molecule has 2 rings (SSSR count). The van der Waals surface area contributed by atoms with Gasteiger partial charge in [-0.1, -0.05) is 9.59 Å². The topological polar surface area (TPSA) is 111 Å². The van der Waals surface area contributed by atoms with Gasteiger partial charge < -0.3 is 5.73 Å². The van der Waals surface area contributed by atoms with Crippen molar-refractivity contribution < 1.29 is 12.8 Å². The molecule has 0 fully saturated rings. The Morgan fingerprint density at radius 2 is 2.18 bits per heavy atom. The number of hydrogen-bond donors (Lipinski definition) is 2. The van der Waals surface area contributed by atoms with Crippen LogP contribution in [0.4, 0.5) is 15.2 Å². The fourth-order valence-corrected chi connectivity index (χ4v) is 2.81. The molecule has 3 N–H and O–H groups in total. The molecule has 2 aromatic rings. The number of nitrogens with one attached hydrogen (secondary N) is 1. The molecule has 7 nitrogen and oxygen atoms in total. The maximum Gasteiger partial charge on any atom is 0.265 e. The van der Waals surface area contributed by atoms with Crippen molar-refractivity contribution in [3.05, 3.63) is 24.0 Å². The van der Waals surface area contributed by atoms with Crippen molar-refractivity contribution in [3.63, 3.8) is 0 Å². The molecular formula is C7H6FN5O2S2. The molecule has 1 heterocycles. The number of nitrogens with zero attached hydrogens (tertiary/aromatic N) is 3. The van der Waals surface area contributed by atoms with Crippen molar-refractivity contribution in [2.24, 2.45) is 0 Å². The van der Waals surface area contributed by atoms with Crippen LogP contribution >= 0.6 is 11.5 Å². The average molecular weight is 275 g/mol. The Morgan fingerprint density at radius 3 is 2.82 bits per heavy atom. The number of nitrogens with two attached hydrogens (primary N) is 1. The molecule has 0 unspecified atom stereocenters. The highest BCUT2D eigenvalue weighted by molar-refractivity contribution is 7.93. The Labute approximate surface area is 99.7 Å². The minimum absolute atomic E-state index is 0.0198. The number of halogens is 1. The van der Waals surface area contributed by atoms with E-state index in [2.05, 4.69) is 19.5 Å². The Hall–Kier alpha value is -1.81. The van der Waals surface area contributed by atoms with Gasteiger partial charge in [0.2, 0.25) is 5.13 Å². The summed E-state index contributed by atoms with van der Waals surface area (Å²) in [6.45, 7) is 0. The molecular weight excluding hydrogens is 269 g/mol. The van der Waals surface area contributed by atoms with E-state index in [0.29, 0.717) is 0 Å². The number of hydrogen-bond acceptors (Lipinski definition) is 7. The molecule has 0 aliphatic carbocycles. The van der Waals surface area contributed by atoms with E-state index in [1.165, 1.54) is 6.07 Å². The van der Waals surface area contributed by atoms with Crippen LogP contribution in [0.5, 0.6) is 0 Å². The smallest absolute Gasteiger partial charge is 0.265 e. The standard InChI is InChI=1S/C7H6FN5O2S2/c8-4-1-2-5(9)6(3-4)17(14,15)11-7-10-12-13-16-7/h1-3H,9H2,(H,10,11,13). The van der Waals surface area contributed by atoms with Crippen molar-refractivity contribution in [2.75, 3.05) is 10.5 Å². The van der Waals surface area contributed by atoms with Gasteiger partial charge in [-0.2, -0.15) is 0 Å². The van der Waals surface area contributed by atoms with Gasteiger partial charge in [0.05, 0.1) is 5.69 Å². The number of nitrogen functional groups attached to an aromatic ring is 1. The van der Waals surface area contributed by atoms with Gasteiger partial charge in [0.25, 0.3) is 10.0 Å². The van der Waals surface area contributed by atoms with Crippen LogP contribution in [0.2, 0.25) is 0 Å². The van der Waals surface area contributed by atoms with Crippen LogP contribution in [0.25, 0.3) is 0 Å². The lowest BCUT2D eigenvalue weighted by Crippen LogP contribution is -2.15. The molecule has 0 saturated carbocycles. The van der Waals surface area contributed by atoms with Gasteiger partial charge in [-0.05, 0) is 23.4 Å². The first-order valence-corrected chi connectivity index (χ1v) is 6.47. The number of rotatable bonds is 3. The van der Waals surface area contributed by atoms with E-state index in [1.54, 1.807) is 0 Å². The van der Waals surface area contributed by atoms with E-state index in [0.717, 1.165) is 23.7 Å². The third-order valence-electron chi connectivity index (χ3n) is 1.79. The third-order valence-corrected chi connectivity index (χ3v) is 3.82. The Balaban J connectivity index is 2.41. The summed E-state index contributed by atoms with van der Waals surface area (Å²) in [7, 11) is -3.98. The van der Waals surface area contributed by atoms with Crippen LogP contribution in [0.3, 0.4) is 0 Å². The van der Waals surface area contributed by atoms with Gasteiger partial charge in [-0.3, -0.25) is 4.72 Å². The normalized spacial score (nSPS) is 11.4. The molecule has 0 atom stereocenters. The molecule has 10 heteroatoms. The van der Waals surface area contributed by atoms with E-state index >= 15 is 0 Å². The number of anilines is 2. The second kappa shape index (κ2) is 4.22. The average Bonchev–Trinajstić information content (AvgIpc) is 2.73. The fourth-order valence-electron chi connectivity index (χ4n) is 1.08. The molecule has 90 valence electrons. The third kappa shape index (κ3) is 2.47. The minimum Gasteiger partial charge on any atom is -0.398 e. The first-order chi connectivity index (χ1) is 7.99. The van der Waals surface area contributed by atoms with Gasteiger partial charge >= 0.3 is 0 Å². The summed E-state index contributed by atoms with van der Waals surface area (Å²) in [5, 5.41) is 6.62. The van der Waals surface area contributed by atoms with Gasteiger partial charge in [-0.15, -0.1) is 0 Å². The van der Waals surface area contributed by atoms with Crippen molar-refractivity contribution in [3.8, 4) is 0 Å². The monoisotopic (exact) mass is 275 g/mol. The highest BCUT2D eigenvalue weighted by Gasteiger charge is 2.19. The van der Waals surface area contributed by atoms with Crippen LogP contribution in [0.15, 0.2) is 23.1 Å². The summed E-state index contributed by atoms with van der Waals surface area (Å²) in [6.07, 6.45) is 0. The van der Waals surface area contributed by atoms with Crippen LogP contribution in [0.1, 0.15) is 0 Å². The van der Waals surface area contributed by atoms with Crippen LogP contribution in [-0.4, -0.2) is 23.2 Å². The number of sulfonamides is 1. The SMILES string of the molecule is Nc1ccc(F)cc1S(=O)(=O)Nc1nnns1. The van der Waals surface area contributed by atoms with E-state index in [-0.39, 0.29) is 15.7 Å². The predicted molar refractivity (Wildman–Crippen MR) is 59.3 cm³/mol. The molecule has 0 aliphatic rings. The summed E-state index contributed by atoms with van der Waals surface area (Å²) in [4.78, 5) is -0.354. The maximum atomic E-state index is 13.0. The summed E-state index contributed by atoms with van der Waals surface area (Å²) < 4.78 is 42.1. The molecule has 1 aromatic carbocycles. The molecule has 17 heavy (non-hydrogen) atoms. The second-order valence-electron chi connectivity index (χ2n) is 2.96. The lowest BCUT2D eigenvalue weighted by Gasteiger charge is -2.07. The zero-order chi connectivity index (χ0) is 12.5. The predicted octanol–water partition coefficient (Wildman–Crippen LogP) is 0.455. The van der Waals surface area contributed by atoms with Crippen molar-refractivity contribution in [1.29, 1.82) is 0 Å². The van der Waals surface area contributed by atoms with Crippen molar-refractivity contribution in [1.82, 2.24) is 14.8 Å². The largest absolute Gasteiger partial charge is 0.398 e. The minimum atomic E-state index is -3.98. The van der Waals surface area contributed by atoms with Gasteiger partial charge in [0.1, 0.15) is 10.7 Å². The first-order valence-electron chi connectivity index (χ1n) is 4.22. The summed E-state index contributed by atoms with van der Waals surface area (Å²) >= 11 is 0.757. The van der Waals surface area contributed by atoms with Gasteiger partial charge in [0, 0.05) is 11.5 Å². The van der Waals surface area contributed by atoms with E-state index in [9.17, 15) is 12.8 Å². The quantitative estimate of drug-likeness (QED) is 0.787. The fraction of sp³-hybridized carbons (Fsp3) is 0. The van der Waals surface area contributed by atoms with E-state index in [4.69, 9.17) is 5.73 Å². The van der Waals surface area contributed by atoms with E-state index in [1.807, 2.05) is 0 Å². The van der Waals surface area contributed by atoms with Crippen LogP contribution in [-0.2, 0) is 10.0 Å². The Morgan fingerprint density at radius 1 is 1.41 bits per heavy atom. The van der Waals surface area contributed by atoms with E-state index < -0.39 is 15.8 Å². The van der Waals surface area contributed by atoms with Crippen LogP contribution in [0, 0.1) is 5.82 Å². The second-order valence-corrected chi connectivity index (χ2v) is 5.34. The summed E-state index contributed by atoms with van der Waals surface area (Å²) in [6, 6.07) is 3.06. The number of aromatic nitrogens is 3. The molecule has 0 radical (unpaired) electrons. The zero-order valence-corrected chi connectivity index (χ0v) is 9.79.